The van der Waals surface area contributed by atoms with Crippen molar-refractivity contribution < 1.29 is 18.7 Å². The predicted molar refractivity (Wildman–Crippen MR) is 120 cm³/mol. The molecule has 0 radical (unpaired) electrons. The molecule has 1 aromatic heterocycles. The minimum absolute atomic E-state index is 0.109. The summed E-state index contributed by atoms with van der Waals surface area (Å²) in [6, 6.07) is 14.2. The SMILES string of the molecule is COc1ccc(CNC(=O)c2cc3c(n2C)CCN(Cc2ccc(F)cc2)C3)cc1OC. The van der Waals surface area contributed by atoms with Gasteiger partial charge >= 0.3 is 0 Å². The van der Waals surface area contributed by atoms with E-state index in [0.29, 0.717) is 23.7 Å². The van der Waals surface area contributed by atoms with Crippen molar-refractivity contribution in [1.82, 2.24) is 14.8 Å². The molecule has 0 saturated heterocycles. The molecule has 4 rings (SSSR count). The lowest BCUT2D eigenvalue weighted by atomic mass is 10.1. The molecule has 6 nitrogen and oxygen atoms in total. The van der Waals surface area contributed by atoms with Crippen LogP contribution < -0.4 is 14.8 Å². The number of carbonyl (C=O) groups excluding carboxylic acids is 1. The first-order chi connectivity index (χ1) is 15.5. The zero-order valence-electron chi connectivity index (χ0n) is 18.7. The molecule has 7 heteroatoms. The highest BCUT2D eigenvalue weighted by Gasteiger charge is 2.23. The standard InChI is InChI=1S/C25H28FN3O3/c1-28-21-10-11-29(15-17-4-7-20(26)8-5-17)16-19(21)13-22(28)25(30)27-14-18-6-9-23(31-2)24(12-18)32-3/h4-9,12-13H,10-11,14-16H2,1-3H3,(H,27,30). The summed E-state index contributed by atoms with van der Waals surface area (Å²) in [5, 5.41) is 3.01. The summed E-state index contributed by atoms with van der Waals surface area (Å²) in [4.78, 5) is 15.2. The third-order valence-corrected chi connectivity index (χ3v) is 5.96. The summed E-state index contributed by atoms with van der Waals surface area (Å²) in [5.74, 6) is 0.959. The number of rotatable bonds is 7. The summed E-state index contributed by atoms with van der Waals surface area (Å²) in [6.07, 6.45) is 0.871. The molecular formula is C25H28FN3O3. The second-order valence-corrected chi connectivity index (χ2v) is 8.02. The number of benzene rings is 2. The highest BCUT2D eigenvalue weighted by molar-refractivity contribution is 5.93. The number of nitrogens with zero attached hydrogens (tertiary/aromatic N) is 2. The van der Waals surface area contributed by atoms with Crippen LogP contribution in [-0.4, -0.2) is 36.1 Å². The lowest BCUT2D eigenvalue weighted by molar-refractivity contribution is 0.0942. The number of hydrogen-bond donors (Lipinski definition) is 1. The van der Waals surface area contributed by atoms with E-state index >= 15 is 0 Å². The maximum absolute atomic E-state index is 13.2. The molecule has 168 valence electrons. The van der Waals surface area contributed by atoms with Gasteiger partial charge in [-0.3, -0.25) is 9.69 Å². The first-order valence-electron chi connectivity index (χ1n) is 10.6. The fourth-order valence-electron chi connectivity index (χ4n) is 4.22. The molecule has 0 fully saturated rings. The number of fused-ring (bicyclic) bond motifs is 1. The van der Waals surface area contributed by atoms with Crippen molar-refractivity contribution in [2.75, 3.05) is 20.8 Å². The van der Waals surface area contributed by atoms with E-state index in [1.54, 1.807) is 14.2 Å². The Hall–Kier alpha value is -3.32. The van der Waals surface area contributed by atoms with E-state index in [0.717, 1.165) is 42.7 Å². The molecule has 0 spiro atoms. The minimum atomic E-state index is -0.221. The van der Waals surface area contributed by atoms with Gasteiger partial charge in [-0.25, -0.2) is 4.39 Å². The number of hydrogen-bond acceptors (Lipinski definition) is 4. The van der Waals surface area contributed by atoms with Crippen LogP contribution in [0.4, 0.5) is 4.39 Å². The van der Waals surface area contributed by atoms with Crippen LogP contribution in [0.25, 0.3) is 0 Å². The summed E-state index contributed by atoms with van der Waals surface area (Å²) in [7, 11) is 5.13. The fourth-order valence-corrected chi connectivity index (χ4v) is 4.22. The van der Waals surface area contributed by atoms with Gasteiger partial charge in [-0.2, -0.15) is 0 Å². The first-order valence-corrected chi connectivity index (χ1v) is 10.6. The zero-order chi connectivity index (χ0) is 22.7. The van der Waals surface area contributed by atoms with Gasteiger partial charge in [0.25, 0.3) is 5.91 Å². The molecule has 2 heterocycles. The van der Waals surface area contributed by atoms with Gasteiger partial charge in [0.15, 0.2) is 11.5 Å². The Morgan fingerprint density at radius 1 is 1.03 bits per heavy atom. The van der Waals surface area contributed by atoms with Gasteiger partial charge in [0, 0.05) is 45.3 Å². The van der Waals surface area contributed by atoms with E-state index in [9.17, 15) is 9.18 Å². The topological polar surface area (TPSA) is 55.7 Å². The number of amides is 1. The first kappa shape index (κ1) is 21.9. The highest BCUT2D eigenvalue weighted by Crippen LogP contribution is 2.28. The molecule has 1 aliphatic heterocycles. The van der Waals surface area contributed by atoms with Crippen LogP contribution in [0.5, 0.6) is 11.5 Å². The zero-order valence-corrected chi connectivity index (χ0v) is 18.7. The lowest BCUT2D eigenvalue weighted by Gasteiger charge is -2.27. The average molecular weight is 438 g/mol. The van der Waals surface area contributed by atoms with Gasteiger partial charge in [-0.05, 0) is 47.0 Å². The fraction of sp³-hybridized carbons (Fsp3) is 0.320. The second kappa shape index (κ2) is 9.44. The van der Waals surface area contributed by atoms with E-state index in [4.69, 9.17) is 9.47 Å². The third kappa shape index (κ3) is 4.62. The quantitative estimate of drug-likeness (QED) is 0.613. The average Bonchev–Trinajstić information content (AvgIpc) is 3.14. The Morgan fingerprint density at radius 2 is 1.75 bits per heavy atom. The van der Waals surface area contributed by atoms with Crippen molar-refractivity contribution in [3.8, 4) is 11.5 Å². The van der Waals surface area contributed by atoms with E-state index in [1.807, 2.05) is 48.0 Å². The Morgan fingerprint density at radius 3 is 2.47 bits per heavy atom. The van der Waals surface area contributed by atoms with Crippen molar-refractivity contribution in [1.29, 1.82) is 0 Å². The molecule has 0 aliphatic carbocycles. The molecule has 32 heavy (non-hydrogen) atoms. The van der Waals surface area contributed by atoms with Crippen LogP contribution in [0.3, 0.4) is 0 Å². The Kier molecular flexibility index (Phi) is 6.46. The van der Waals surface area contributed by atoms with Crippen LogP contribution in [0, 0.1) is 5.82 Å². The lowest BCUT2D eigenvalue weighted by Crippen LogP contribution is -2.30. The molecule has 0 saturated carbocycles. The molecule has 2 aromatic carbocycles. The maximum atomic E-state index is 13.2. The molecule has 1 N–H and O–H groups in total. The van der Waals surface area contributed by atoms with Crippen LogP contribution in [0.15, 0.2) is 48.5 Å². The Balaban J connectivity index is 1.41. The molecule has 0 bridgehead atoms. The highest BCUT2D eigenvalue weighted by atomic mass is 19.1. The minimum Gasteiger partial charge on any atom is -0.493 e. The van der Waals surface area contributed by atoms with E-state index < -0.39 is 0 Å². The molecular weight excluding hydrogens is 409 g/mol. The number of aromatic nitrogens is 1. The Labute approximate surface area is 187 Å². The Bertz CT molecular complexity index is 1110. The smallest absolute Gasteiger partial charge is 0.268 e. The predicted octanol–water partition coefficient (Wildman–Crippen LogP) is 3.67. The summed E-state index contributed by atoms with van der Waals surface area (Å²) < 4.78 is 25.8. The number of carbonyl (C=O) groups is 1. The number of halogens is 1. The second-order valence-electron chi connectivity index (χ2n) is 8.02. The summed E-state index contributed by atoms with van der Waals surface area (Å²) in [6.45, 7) is 2.82. The van der Waals surface area contributed by atoms with E-state index in [-0.39, 0.29) is 11.7 Å². The van der Waals surface area contributed by atoms with E-state index in [2.05, 4.69) is 10.2 Å². The largest absolute Gasteiger partial charge is 0.493 e. The van der Waals surface area contributed by atoms with Gasteiger partial charge in [-0.1, -0.05) is 18.2 Å². The number of methoxy groups -OCH3 is 2. The number of ether oxygens (including phenoxy) is 2. The van der Waals surface area contributed by atoms with Crippen LogP contribution in [-0.2, 0) is 33.1 Å². The molecule has 0 atom stereocenters. The van der Waals surface area contributed by atoms with Gasteiger partial charge in [0.05, 0.1) is 14.2 Å². The summed E-state index contributed by atoms with van der Waals surface area (Å²) >= 11 is 0. The maximum Gasteiger partial charge on any atom is 0.268 e. The van der Waals surface area contributed by atoms with Crippen LogP contribution in [0.2, 0.25) is 0 Å². The van der Waals surface area contributed by atoms with Gasteiger partial charge < -0.3 is 19.4 Å². The van der Waals surface area contributed by atoms with Crippen molar-refractivity contribution in [2.45, 2.75) is 26.1 Å². The molecule has 1 aliphatic rings. The van der Waals surface area contributed by atoms with Crippen molar-refractivity contribution in [2.24, 2.45) is 7.05 Å². The third-order valence-electron chi connectivity index (χ3n) is 5.96. The monoisotopic (exact) mass is 437 g/mol. The van der Waals surface area contributed by atoms with Crippen molar-refractivity contribution in [3.63, 3.8) is 0 Å². The van der Waals surface area contributed by atoms with Crippen molar-refractivity contribution in [3.05, 3.63) is 82.4 Å². The van der Waals surface area contributed by atoms with E-state index in [1.165, 1.54) is 17.8 Å². The number of nitrogens with one attached hydrogen (secondary N) is 1. The summed E-state index contributed by atoms with van der Waals surface area (Å²) in [5.41, 5.74) is 5.02. The normalized spacial score (nSPS) is 13.5. The van der Waals surface area contributed by atoms with Gasteiger partial charge in [-0.15, -0.1) is 0 Å². The van der Waals surface area contributed by atoms with Gasteiger partial charge in [0.2, 0.25) is 0 Å². The van der Waals surface area contributed by atoms with Crippen LogP contribution >= 0.6 is 0 Å². The molecule has 0 unspecified atom stereocenters. The molecule has 1 amide bonds. The molecule has 3 aromatic rings. The van der Waals surface area contributed by atoms with Gasteiger partial charge in [0.1, 0.15) is 11.5 Å². The van der Waals surface area contributed by atoms with Crippen LogP contribution in [0.1, 0.15) is 32.9 Å². The van der Waals surface area contributed by atoms with Crippen molar-refractivity contribution >= 4 is 5.91 Å².